The highest BCUT2D eigenvalue weighted by molar-refractivity contribution is 6.14. The molecule has 0 atom stereocenters. The van der Waals surface area contributed by atoms with E-state index in [2.05, 4.69) is 176 Å². The number of nitrogens with zero attached hydrogens (tertiary/aromatic N) is 3. The second-order valence-corrected chi connectivity index (χ2v) is 18.2. The van der Waals surface area contributed by atoms with Gasteiger partial charge in [-0.15, -0.1) is 0 Å². The minimum Gasteiger partial charge on any atom is -0.456 e. The Labute approximate surface area is 404 Å². The number of aromatic nitrogens is 3. The second kappa shape index (κ2) is 15.9. The summed E-state index contributed by atoms with van der Waals surface area (Å²) in [6.07, 6.45) is 0. The second-order valence-electron chi connectivity index (χ2n) is 18.2. The highest BCUT2D eigenvalue weighted by Crippen LogP contribution is 2.58. The zero-order valence-corrected chi connectivity index (χ0v) is 37.9. The first-order valence-electron chi connectivity index (χ1n) is 23.8. The first-order chi connectivity index (χ1) is 34.7. The monoisotopic (exact) mass is 891 g/mol. The molecule has 0 fully saturated rings. The molecule has 70 heavy (non-hydrogen) atoms. The number of furan rings is 1. The van der Waals surface area contributed by atoms with Gasteiger partial charge in [0.05, 0.1) is 5.41 Å². The molecule has 0 saturated heterocycles. The van der Waals surface area contributed by atoms with Crippen LogP contribution in [0.3, 0.4) is 0 Å². The Hall–Kier alpha value is -9.25. The molecule has 0 spiro atoms. The van der Waals surface area contributed by atoms with Crippen molar-refractivity contribution in [2.75, 3.05) is 0 Å². The molecule has 0 unspecified atom stereocenters. The zero-order valence-electron chi connectivity index (χ0n) is 37.9. The van der Waals surface area contributed by atoms with Gasteiger partial charge in [0.2, 0.25) is 0 Å². The molecule has 0 N–H and O–H groups in total. The van der Waals surface area contributed by atoms with Crippen molar-refractivity contribution in [2.24, 2.45) is 0 Å². The lowest BCUT2D eigenvalue weighted by Gasteiger charge is -2.34. The third-order valence-electron chi connectivity index (χ3n) is 14.4. The van der Waals surface area contributed by atoms with Gasteiger partial charge in [0.1, 0.15) is 11.2 Å². The van der Waals surface area contributed by atoms with Crippen LogP contribution in [0.1, 0.15) is 22.3 Å². The summed E-state index contributed by atoms with van der Waals surface area (Å²) in [5, 5.41) is 6.80. The average Bonchev–Trinajstić information content (AvgIpc) is 3.97. The normalized spacial score (nSPS) is 12.7. The molecule has 1 aliphatic rings. The van der Waals surface area contributed by atoms with E-state index in [1.54, 1.807) is 0 Å². The maximum absolute atomic E-state index is 6.56. The van der Waals surface area contributed by atoms with E-state index in [9.17, 15) is 0 Å². The van der Waals surface area contributed by atoms with Crippen LogP contribution < -0.4 is 0 Å². The summed E-state index contributed by atoms with van der Waals surface area (Å²) in [6.45, 7) is 0. The van der Waals surface area contributed by atoms with E-state index in [4.69, 9.17) is 19.4 Å². The number of benzene rings is 11. The van der Waals surface area contributed by atoms with Crippen LogP contribution in [0.25, 0.3) is 111 Å². The molecule has 4 heteroatoms. The molecular formula is C66H41N3O. The van der Waals surface area contributed by atoms with Crippen molar-refractivity contribution in [2.45, 2.75) is 5.41 Å². The van der Waals surface area contributed by atoms with Crippen LogP contribution in [0.2, 0.25) is 0 Å². The van der Waals surface area contributed by atoms with Crippen molar-refractivity contribution in [3.05, 3.63) is 271 Å². The molecule has 1 aliphatic carbocycles. The molecule has 0 radical (unpaired) electrons. The lowest BCUT2D eigenvalue weighted by molar-refractivity contribution is 0.669. The Morgan fingerprint density at radius 1 is 0.300 bits per heavy atom. The van der Waals surface area contributed by atoms with E-state index in [1.807, 2.05) is 72.8 Å². The largest absolute Gasteiger partial charge is 0.456 e. The van der Waals surface area contributed by atoms with E-state index >= 15 is 0 Å². The van der Waals surface area contributed by atoms with E-state index in [0.29, 0.717) is 17.5 Å². The molecule has 14 rings (SSSR count). The van der Waals surface area contributed by atoms with E-state index in [-0.39, 0.29) is 0 Å². The summed E-state index contributed by atoms with van der Waals surface area (Å²) in [5.41, 5.74) is 16.2. The van der Waals surface area contributed by atoms with Crippen LogP contribution >= 0.6 is 0 Å². The fraction of sp³-hybridized carbons (Fsp3) is 0.0152. The summed E-state index contributed by atoms with van der Waals surface area (Å²) < 4.78 is 6.56. The van der Waals surface area contributed by atoms with Crippen molar-refractivity contribution in [1.29, 1.82) is 0 Å². The number of hydrogen-bond donors (Lipinski definition) is 0. The van der Waals surface area contributed by atoms with Gasteiger partial charge in [0.15, 0.2) is 17.5 Å². The fourth-order valence-corrected chi connectivity index (χ4v) is 11.3. The topological polar surface area (TPSA) is 51.8 Å². The molecule has 11 aromatic carbocycles. The number of hydrogen-bond acceptors (Lipinski definition) is 4. The van der Waals surface area contributed by atoms with Crippen LogP contribution in [0.4, 0.5) is 0 Å². The molecule has 0 bridgehead atoms. The summed E-state index contributed by atoms with van der Waals surface area (Å²) >= 11 is 0. The average molecular weight is 892 g/mol. The predicted octanol–water partition coefficient (Wildman–Crippen LogP) is 16.8. The third-order valence-corrected chi connectivity index (χ3v) is 14.4. The zero-order chi connectivity index (χ0) is 46.2. The predicted molar refractivity (Wildman–Crippen MR) is 287 cm³/mol. The molecule has 4 nitrogen and oxygen atoms in total. The Balaban J connectivity index is 0.919. The molecule has 2 aromatic heterocycles. The summed E-state index contributed by atoms with van der Waals surface area (Å²) in [6, 6.07) is 89.2. The van der Waals surface area contributed by atoms with Crippen LogP contribution in [0, 0.1) is 0 Å². The summed E-state index contributed by atoms with van der Waals surface area (Å²) in [4.78, 5) is 15.2. The maximum atomic E-state index is 6.56. The Morgan fingerprint density at radius 2 is 0.771 bits per heavy atom. The molecule has 326 valence electrons. The van der Waals surface area contributed by atoms with E-state index in [0.717, 1.165) is 49.8 Å². The minimum atomic E-state index is -0.466. The SMILES string of the molecule is c1ccc(-c2nc(-c3ccccc3)nc(-c3cccc4oc5ccc(-c6ccc7ccc8ccc(-c9cccc%10c9-c9ccccc9C%10(c9ccccc9)c9ccccc9)cc8c7c6)cc5c34)n2)cc1. The lowest BCUT2D eigenvalue weighted by atomic mass is 9.67. The molecular weight excluding hydrogens is 851 g/mol. The number of rotatable bonds is 7. The molecule has 0 aliphatic heterocycles. The minimum absolute atomic E-state index is 0.466. The Morgan fingerprint density at radius 3 is 1.43 bits per heavy atom. The van der Waals surface area contributed by atoms with Gasteiger partial charge in [-0.3, -0.25) is 0 Å². The first-order valence-corrected chi connectivity index (χ1v) is 23.8. The highest BCUT2D eigenvalue weighted by atomic mass is 16.3. The van der Waals surface area contributed by atoms with Crippen molar-refractivity contribution < 1.29 is 4.42 Å². The van der Waals surface area contributed by atoms with Gasteiger partial charge in [0.25, 0.3) is 0 Å². The van der Waals surface area contributed by atoms with Crippen LogP contribution in [0.5, 0.6) is 0 Å². The molecule has 13 aromatic rings. The van der Waals surface area contributed by atoms with Gasteiger partial charge in [0, 0.05) is 27.5 Å². The van der Waals surface area contributed by atoms with Crippen LogP contribution in [-0.2, 0) is 5.41 Å². The van der Waals surface area contributed by atoms with Gasteiger partial charge in [-0.05, 0) is 108 Å². The molecule has 2 heterocycles. The van der Waals surface area contributed by atoms with Crippen LogP contribution in [0.15, 0.2) is 253 Å². The Kier molecular flexibility index (Phi) is 9.08. The smallest absolute Gasteiger partial charge is 0.164 e. The van der Waals surface area contributed by atoms with Crippen molar-refractivity contribution in [3.63, 3.8) is 0 Å². The molecule has 0 amide bonds. The number of fused-ring (bicyclic) bond motifs is 9. The summed E-state index contributed by atoms with van der Waals surface area (Å²) in [7, 11) is 0. The van der Waals surface area contributed by atoms with E-state index < -0.39 is 5.41 Å². The van der Waals surface area contributed by atoms with Crippen LogP contribution in [-0.4, -0.2) is 15.0 Å². The van der Waals surface area contributed by atoms with Gasteiger partial charge in [-0.25, -0.2) is 15.0 Å². The van der Waals surface area contributed by atoms with Gasteiger partial charge in [-0.2, -0.15) is 0 Å². The van der Waals surface area contributed by atoms with Gasteiger partial charge < -0.3 is 4.42 Å². The third kappa shape index (κ3) is 6.20. The quantitative estimate of drug-likeness (QED) is 0.150. The maximum Gasteiger partial charge on any atom is 0.164 e. The standard InChI is InChI=1S/C66H41N3O/c1-5-17-44(18-6-1)63-67-64(45-19-7-2-8-20-45)69-65(68-63)53-27-16-30-60-62(53)56-40-47(37-38-59(56)70-60)46-35-33-42-31-32-43-34-36-48(41-55(43)54(42)39-46)51-26-15-29-58-61(51)52-25-13-14-28-57(52)66(58,49-21-9-3-10-22-49)50-23-11-4-12-24-50/h1-41H. The molecule has 0 saturated carbocycles. The first kappa shape index (κ1) is 39.9. The Bertz CT molecular complexity index is 4070. The van der Waals surface area contributed by atoms with Crippen molar-refractivity contribution in [1.82, 2.24) is 15.0 Å². The highest BCUT2D eigenvalue weighted by Gasteiger charge is 2.46. The van der Waals surface area contributed by atoms with Gasteiger partial charge >= 0.3 is 0 Å². The fourth-order valence-electron chi connectivity index (χ4n) is 11.3. The lowest BCUT2D eigenvalue weighted by Crippen LogP contribution is -2.28. The van der Waals surface area contributed by atoms with E-state index in [1.165, 1.54) is 66.1 Å². The van der Waals surface area contributed by atoms with Crippen molar-refractivity contribution in [3.8, 4) is 67.5 Å². The summed E-state index contributed by atoms with van der Waals surface area (Å²) in [5.74, 6) is 1.84. The van der Waals surface area contributed by atoms with Gasteiger partial charge in [-0.1, -0.05) is 218 Å². The van der Waals surface area contributed by atoms with Crippen molar-refractivity contribution >= 4 is 43.5 Å².